The fourth-order valence-electron chi connectivity index (χ4n) is 3.11. The number of benzene rings is 1. The van der Waals surface area contributed by atoms with Crippen molar-refractivity contribution in [3.05, 3.63) is 46.7 Å². The van der Waals surface area contributed by atoms with Crippen molar-refractivity contribution in [1.29, 1.82) is 0 Å². The summed E-state index contributed by atoms with van der Waals surface area (Å²) in [6.45, 7) is 3.43. The van der Waals surface area contributed by atoms with E-state index in [0.717, 1.165) is 4.68 Å². The van der Waals surface area contributed by atoms with E-state index in [1.165, 1.54) is 4.57 Å². The van der Waals surface area contributed by atoms with Gasteiger partial charge in [0.15, 0.2) is 17.3 Å². The number of nitrogens with zero attached hydrogens (tertiary/aromatic N) is 6. The number of carbonyl (C=O) groups is 1. The molecule has 3 heterocycles. The molecule has 4 rings (SSSR count). The van der Waals surface area contributed by atoms with E-state index in [1.807, 2.05) is 0 Å². The SMILES string of the molecule is Cc1nn(CC(=O)NC(C)c2nncn2C)c(=O)n1-c1ccc2c(c1)OCO2. The molecular weight excluding hydrogens is 366 g/mol. The Morgan fingerprint density at radius 3 is 2.86 bits per heavy atom. The van der Waals surface area contributed by atoms with Crippen LogP contribution in [0.3, 0.4) is 0 Å². The molecule has 0 radical (unpaired) electrons. The molecule has 1 atom stereocenters. The third-order valence-electron chi connectivity index (χ3n) is 4.42. The van der Waals surface area contributed by atoms with Crippen molar-refractivity contribution in [2.45, 2.75) is 26.4 Å². The number of ether oxygens (including phenoxy) is 2. The number of amides is 1. The normalized spacial score (nSPS) is 13.5. The van der Waals surface area contributed by atoms with Crippen LogP contribution in [0.5, 0.6) is 11.5 Å². The van der Waals surface area contributed by atoms with Crippen LogP contribution in [0.1, 0.15) is 24.6 Å². The molecule has 146 valence electrons. The summed E-state index contributed by atoms with van der Waals surface area (Å²) in [4.78, 5) is 25.2. The van der Waals surface area contributed by atoms with Gasteiger partial charge in [0, 0.05) is 13.1 Å². The summed E-state index contributed by atoms with van der Waals surface area (Å²) >= 11 is 0. The van der Waals surface area contributed by atoms with Crippen molar-refractivity contribution in [2.75, 3.05) is 6.79 Å². The van der Waals surface area contributed by atoms with Gasteiger partial charge < -0.3 is 19.4 Å². The van der Waals surface area contributed by atoms with E-state index >= 15 is 0 Å². The van der Waals surface area contributed by atoms with Gasteiger partial charge in [-0.3, -0.25) is 4.79 Å². The molecule has 0 saturated carbocycles. The van der Waals surface area contributed by atoms with Crippen LogP contribution in [-0.4, -0.2) is 41.8 Å². The Bertz CT molecular complexity index is 1100. The highest BCUT2D eigenvalue weighted by atomic mass is 16.7. The Morgan fingerprint density at radius 2 is 2.11 bits per heavy atom. The van der Waals surface area contributed by atoms with Crippen molar-refractivity contribution in [2.24, 2.45) is 7.05 Å². The van der Waals surface area contributed by atoms with Crippen LogP contribution >= 0.6 is 0 Å². The monoisotopic (exact) mass is 385 g/mol. The zero-order chi connectivity index (χ0) is 19.8. The molecule has 0 aliphatic carbocycles. The van der Waals surface area contributed by atoms with Crippen molar-refractivity contribution in [3.8, 4) is 17.2 Å². The van der Waals surface area contributed by atoms with Gasteiger partial charge in [0.25, 0.3) is 0 Å². The number of carbonyl (C=O) groups excluding carboxylic acids is 1. The molecule has 11 heteroatoms. The second-order valence-corrected chi connectivity index (χ2v) is 6.45. The van der Waals surface area contributed by atoms with Crippen LogP contribution in [0.15, 0.2) is 29.3 Å². The van der Waals surface area contributed by atoms with Crippen LogP contribution in [0.25, 0.3) is 5.69 Å². The Kier molecular flexibility index (Phi) is 4.34. The molecular formula is C17H19N7O4. The zero-order valence-electron chi connectivity index (χ0n) is 15.6. The number of hydrogen-bond donors (Lipinski definition) is 1. The van der Waals surface area contributed by atoms with Gasteiger partial charge in [0.2, 0.25) is 12.7 Å². The molecule has 1 aliphatic rings. The number of aromatic nitrogens is 6. The number of rotatable bonds is 5. The van der Waals surface area contributed by atoms with E-state index in [2.05, 4.69) is 20.6 Å². The molecule has 1 aliphatic heterocycles. The van der Waals surface area contributed by atoms with Gasteiger partial charge >= 0.3 is 5.69 Å². The fourth-order valence-corrected chi connectivity index (χ4v) is 3.11. The summed E-state index contributed by atoms with van der Waals surface area (Å²) in [5, 5.41) is 14.8. The van der Waals surface area contributed by atoms with E-state index in [-0.39, 0.29) is 25.3 Å². The summed E-state index contributed by atoms with van der Waals surface area (Å²) in [6.07, 6.45) is 1.55. The molecule has 0 fully saturated rings. The first-order valence-electron chi connectivity index (χ1n) is 8.64. The minimum atomic E-state index is -0.419. The Morgan fingerprint density at radius 1 is 1.32 bits per heavy atom. The lowest BCUT2D eigenvalue weighted by atomic mass is 10.2. The smallest absolute Gasteiger partial charge is 0.351 e. The first-order chi connectivity index (χ1) is 13.4. The molecule has 3 aromatic rings. The van der Waals surface area contributed by atoms with Gasteiger partial charge in [-0.05, 0) is 26.0 Å². The van der Waals surface area contributed by atoms with Crippen molar-refractivity contribution >= 4 is 5.91 Å². The first kappa shape index (κ1) is 17.8. The van der Waals surface area contributed by atoms with Crippen LogP contribution in [0, 0.1) is 6.92 Å². The maximum absolute atomic E-state index is 12.8. The molecule has 0 spiro atoms. The summed E-state index contributed by atoms with van der Waals surface area (Å²) in [5.41, 5.74) is 0.170. The molecule has 1 unspecified atom stereocenters. The predicted molar refractivity (Wildman–Crippen MR) is 96.2 cm³/mol. The second-order valence-electron chi connectivity index (χ2n) is 6.45. The summed E-state index contributed by atoms with van der Waals surface area (Å²) in [5.74, 6) is 1.90. The lowest BCUT2D eigenvalue weighted by Crippen LogP contribution is -2.35. The fraction of sp³-hybridized carbons (Fsp3) is 0.353. The highest BCUT2D eigenvalue weighted by molar-refractivity contribution is 5.76. The molecule has 1 N–H and O–H groups in total. The third kappa shape index (κ3) is 3.10. The molecule has 28 heavy (non-hydrogen) atoms. The molecule has 1 amide bonds. The molecule has 1 aromatic carbocycles. The maximum Gasteiger partial charge on any atom is 0.351 e. The largest absolute Gasteiger partial charge is 0.454 e. The Labute approximate surface area is 159 Å². The first-order valence-corrected chi connectivity index (χ1v) is 8.64. The van der Waals surface area contributed by atoms with Gasteiger partial charge in [-0.15, -0.1) is 10.2 Å². The van der Waals surface area contributed by atoms with E-state index in [4.69, 9.17) is 9.47 Å². The second kappa shape index (κ2) is 6.83. The average molecular weight is 385 g/mol. The Hall–Kier alpha value is -3.63. The molecule has 0 saturated heterocycles. The van der Waals surface area contributed by atoms with E-state index in [1.54, 1.807) is 50.0 Å². The van der Waals surface area contributed by atoms with Gasteiger partial charge in [0.05, 0.1) is 11.7 Å². The number of aryl methyl sites for hydroxylation is 2. The van der Waals surface area contributed by atoms with Crippen LogP contribution < -0.4 is 20.5 Å². The predicted octanol–water partition coefficient (Wildman–Crippen LogP) is 0.0770. The van der Waals surface area contributed by atoms with Crippen molar-refractivity contribution in [3.63, 3.8) is 0 Å². The average Bonchev–Trinajstić information content (AvgIpc) is 3.34. The number of nitrogens with one attached hydrogen (secondary N) is 1. The van der Waals surface area contributed by atoms with Gasteiger partial charge in [-0.25, -0.2) is 14.0 Å². The molecule has 0 bridgehead atoms. The minimum absolute atomic E-state index is 0.149. The molecule has 2 aromatic heterocycles. The highest BCUT2D eigenvalue weighted by Crippen LogP contribution is 2.33. The van der Waals surface area contributed by atoms with Crippen LogP contribution in [-0.2, 0) is 18.4 Å². The standard InChI is InChI=1S/C17H19N7O4/c1-10(16-20-18-8-22(16)3)19-15(25)7-23-17(26)24(11(2)21-23)12-4-5-13-14(6-12)28-9-27-13/h4-6,8,10H,7,9H2,1-3H3,(H,19,25). The Balaban J connectivity index is 1.54. The summed E-state index contributed by atoms with van der Waals surface area (Å²) < 4.78 is 14.9. The number of fused-ring (bicyclic) bond motifs is 1. The van der Waals surface area contributed by atoms with E-state index < -0.39 is 5.69 Å². The number of hydrogen-bond acceptors (Lipinski definition) is 7. The van der Waals surface area contributed by atoms with Gasteiger partial charge in [0.1, 0.15) is 18.7 Å². The highest BCUT2D eigenvalue weighted by Gasteiger charge is 2.20. The molecule has 11 nitrogen and oxygen atoms in total. The van der Waals surface area contributed by atoms with Crippen molar-refractivity contribution in [1.82, 2.24) is 34.4 Å². The topological polar surface area (TPSA) is 118 Å². The van der Waals surface area contributed by atoms with Crippen LogP contribution in [0.2, 0.25) is 0 Å². The third-order valence-corrected chi connectivity index (χ3v) is 4.42. The van der Waals surface area contributed by atoms with E-state index in [9.17, 15) is 9.59 Å². The minimum Gasteiger partial charge on any atom is -0.454 e. The van der Waals surface area contributed by atoms with Crippen molar-refractivity contribution < 1.29 is 14.3 Å². The lowest BCUT2D eigenvalue weighted by molar-refractivity contribution is -0.122. The van der Waals surface area contributed by atoms with Gasteiger partial charge in [-0.2, -0.15) is 5.10 Å². The van der Waals surface area contributed by atoms with E-state index in [0.29, 0.717) is 28.8 Å². The lowest BCUT2D eigenvalue weighted by Gasteiger charge is -2.12. The van der Waals surface area contributed by atoms with Gasteiger partial charge in [-0.1, -0.05) is 0 Å². The summed E-state index contributed by atoms with van der Waals surface area (Å²) in [7, 11) is 1.79. The van der Waals surface area contributed by atoms with Crippen LogP contribution in [0.4, 0.5) is 0 Å². The zero-order valence-corrected chi connectivity index (χ0v) is 15.6. The quantitative estimate of drug-likeness (QED) is 0.661. The maximum atomic E-state index is 12.8. The summed E-state index contributed by atoms with van der Waals surface area (Å²) in [6, 6.07) is 4.83.